The molecule has 114 valence electrons. The molecule has 0 unspecified atom stereocenters. The lowest BCUT2D eigenvalue weighted by molar-refractivity contribution is -0.385. The number of nitrogens with zero attached hydrogens (tertiary/aromatic N) is 2. The van der Waals surface area contributed by atoms with Gasteiger partial charge in [-0.05, 0) is 25.3 Å². The van der Waals surface area contributed by atoms with Gasteiger partial charge in [-0.2, -0.15) is 5.26 Å². The molecule has 0 aliphatic carbocycles. The molecule has 0 heterocycles. The van der Waals surface area contributed by atoms with E-state index in [1.807, 2.05) is 6.07 Å². The molecule has 0 amide bonds. The monoisotopic (exact) mass is 313 g/mol. The molecule has 21 heavy (non-hydrogen) atoms. The summed E-state index contributed by atoms with van der Waals surface area (Å²) < 4.78 is 28.5. The maximum Gasteiger partial charge on any atom is 0.271 e. The highest BCUT2D eigenvalue weighted by Gasteiger charge is 2.22. The van der Waals surface area contributed by atoms with E-state index >= 15 is 0 Å². The normalized spacial score (nSPS) is 10.9. The summed E-state index contributed by atoms with van der Waals surface area (Å²) in [6.07, 6.45) is 1.56. The van der Waals surface area contributed by atoms with E-state index in [1.165, 1.54) is 13.0 Å². The third-order valence-electron chi connectivity index (χ3n) is 2.67. The Labute approximate surface area is 122 Å². The maximum atomic E-state index is 11.5. The lowest BCUT2D eigenvalue weighted by Gasteiger charge is -2.12. The van der Waals surface area contributed by atoms with Gasteiger partial charge in [0.1, 0.15) is 10.6 Å². The van der Waals surface area contributed by atoms with Crippen LogP contribution in [0.1, 0.15) is 24.8 Å². The summed E-state index contributed by atoms with van der Waals surface area (Å²) in [6, 6.07) is 4.09. The zero-order valence-electron chi connectivity index (χ0n) is 11.4. The number of benzene rings is 1. The maximum absolute atomic E-state index is 11.5. The molecule has 0 aliphatic rings. The van der Waals surface area contributed by atoms with Crippen LogP contribution in [0.25, 0.3) is 0 Å². The molecule has 0 atom stereocenters. The minimum Gasteiger partial charge on any atom is -0.492 e. The number of nitriles is 1. The zero-order chi connectivity index (χ0) is 16.0. The number of non-ortho nitro benzene ring substituents is 1. The van der Waals surface area contributed by atoms with Crippen LogP contribution in [0.5, 0.6) is 5.75 Å². The number of nitro groups is 1. The number of ether oxygens (including phenoxy) is 1. The fraction of sp³-hybridized carbons (Fsp3) is 0.417. The Morgan fingerprint density at radius 3 is 2.62 bits per heavy atom. The van der Waals surface area contributed by atoms with Crippen molar-refractivity contribution in [1.29, 1.82) is 5.26 Å². The quantitative estimate of drug-likeness (QED) is 0.461. The SMILES string of the molecule is Cc1cc([N+](=O)[O-])cc(S(N)(=O)=O)c1OCCCCC#N. The van der Waals surface area contributed by atoms with Crippen molar-refractivity contribution < 1.29 is 18.1 Å². The van der Waals surface area contributed by atoms with Crippen molar-refractivity contribution in [2.24, 2.45) is 5.14 Å². The molecule has 0 bridgehead atoms. The summed E-state index contributed by atoms with van der Waals surface area (Å²) in [5.41, 5.74) is -0.0538. The molecule has 0 aliphatic heterocycles. The number of nitro benzene ring substituents is 1. The van der Waals surface area contributed by atoms with Gasteiger partial charge >= 0.3 is 0 Å². The van der Waals surface area contributed by atoms with Gasteiger partial charge in [-0.1, -0.05) is 0 Å². The average molecular weight is 313 g/mol. The van der Waals surface area contributed by atoms with Gasteiger partial charge in [-0.15, -0.1) is 0 Å². The lowest BCUT2D eigenvalue weighted by atomic mass is 10.2. The highest BCUT2D eigenvalue weighted by atomic mass is 32.2. The predicted molar refractivity (Wildman–Crippen MR) is 74.2 cm³/mol. The number of unbranched alkanes of at least 4 members (excludes halogenated alkanes) is 2. The van der Waals surface area contributed by atoms with Crippen molar-refractivity contribution in [2.45, 2.75) is 31.1 Å². The second kappa shape index (κ2) is 7.01. The average Bonchev–Trinajstić information content (AvgIpc) is 2.38. The van der Waals surface area contributed by atoms with E-state index in [0.29, 0.717) is 24.8 Å². The Balaban J connectivity index is 3.07. The Hall–Kier alpha value is -2.18. The van der Waals surface area contributed by atoms with Gasteiger partial charge in [0.15, 0.2) is 0 Å². The number of rotatable bonds is 7. The van der Waals surface area contributed by atoms with Crippen molar-refractivity contribution in [1.82, 2.24) is 0 Å². The fourth-order valence-corrected chi connectivity index (χ4v) is 2.47. The molecule has 9 heteroatoms. The Morgan fingerprint density at radius 1 is 1.43 bits per heavy atom. The number of sulfonamides is 1. The lowest BCUT2D eigenvalue weighted by Crippen LogP contribution is -2.15. The van der Waals surface area contributed by atoms with Crippen molar-refractivity contribution in [3.8, 4) is 11.8 Å². The summed E-state index contributed by atoms with van der Waals surface area (Å²) in [7, 11) is -4.14. The zero-order valence-corrected chi connectivity index (χ0v) is 12.2. The fourth-order valence-electron chi connectivity index (χ4n) is 1.71. The minimum atomic E-state index is -4.14. The van der Waals surface area contributed by atoms with Crippen molar-refractivity contribution >= 4 is 15.7 Å². The number of primary sulfonamides is 1. The molecule has 2 N–H and O–H groups in total. The van der Waals surface area contributed by atoms with Crippen LogP contribution >= 0.6 is 0 Å². The number of hydrogen-bond acceptors (Lipinski definition) is 6. The summed E-state index contributed by atoms with van der Waals surface area (Å²) in [5, 5.41) is 24.3. The highest BCUT2D eigenvalue weighted by Crippen LogP contribution is 2.31. The summed E-state index contributed by atoms with van der Waals surface area (Å²) in [6.45, 7) is 1.70. The van der Waals surface area contributed by atoms with E-state index in [1.54, 1.807) is 0 Å². The number of nitrogens with two attached hydrogens (primary N) is 1. The molecule has 8 nitrogen and oxygen atoms in total. The van der Waals surface area contributed by atoms with Gasteiger partial charge in [-0.25, -0.2) is 13.6 Å². The first kappa shape index (κ1) is 16.9. The van der Waals surface area contributed by atoms with E-state index in [2.05, 4.69) is 0 Å². The third kappa shape index (κ3) is 4.70. The van der Waals surface area contributed by atoms with Crippen molar-refractivity contribution in [3.05, 3.63) is 27.8 Å². The van der Waals surface area contributed by atoms with Gasteiger partial charge in [0.05, 0.1) is 17.6 Å². The largest absolute Gasteiger partial charge is 0.492 e. The van der Waals surface area contributed by atoms with Crippen LogP contribution in [0.2, 0.25) is 0 Å². The van der Waals surface area contributed by atoms with E-state index in [9.17, 15) is 18.5 Å². The van der Waals surface area contributed by atoms with Crippen LogP contribution in [-0.4, -0.2) is 19.9 Å². The smallest absolute Gasteiger partial charge is 0.271 e. The van der Waals surface area contributed by atoms with Gasteiger partial charge in [0.25, 0.3) is 5.69 Å². The molecule has 0 saturated carbocycles. The Kier molecular flexibility index (Phi) is 5.63. The van der Waals surface area contributed by atoms with Gasteiger partial charge in [-0.3, -0.25) is 10.1 Å². The second-order valence-corrected chi connectivity index (χ2v) is 5.89. The Bertz CT molecular complexity index is 679. The molecule has 0 fully saturated rings. The van der Waals surface area contributed by atoms with Crippen LogP contribution in [0.15, 0.2) is 17.0 Å². The van der Waals surface area contributed by atoms with Gasteiger partial charge in [0, 0.05) is 18.6 Å². The molecule has 1 aromatic carbocycles. The summed E-state index contributed by atoms with van der Waals surface area (Å²) >= 11 is 0. The van der Waals surface area contributed by atoms with Gasteiger partial charge < -0.3 is 4.74 Å². The molecule has 1 rings (SSSR count). The summed E-state index contributed by atoms with van der Waals surface area (Å²) in [5.74, 6) is 0.0139. The highest BCUT2D eigenvalue weighted by molar-refractivity contribution is 7.89. The first-order chi connectivity index (χ1) is 9.77. The Morgan fingerprint density at radius 2 is 2.10 bits per heavy atom. The number of hydrogen-bond donors (Lipinski definition) is 1. The molecular weight excluding hydrogens is 298 g/mol. The van der Waals surface area contributed by atoms with Crippen LogP contribution in [-0.2, 0) is 10.0 Å². The predicted octanol–water partition coefficient (Wildman–Crippen LogP) is 1.62. The van der Waals surface area contributed by atoms with Crippen LogP contribution < -0.4 is 9.88 Å². The molecule has 0 saturated heterocycles. The molecule has 0 aromatic heterocycles. The minimum absolute atomic E-state index is 0.0139. The van der Waals surface area contributed by atoms with E-state index in [0.717, 1.165) is 6.07 Å². The van der Waals surface area contributed by atoms with Crippen LogP contribution in [0.4, 0.5) is 5.69 Å². The van der Waals surface area contributed by atoms with E-state index in [-0.39, 0.29) is 18.0 Å². The first-order valence-electron chi connectivity index (χ1n) is 6.09. The second-order valence-electron chi connectivity index (χ2n) is 4.36. The topological polar surface area (TPSA) is 136 Å². The van der Waals surface area contributed by atoms with Crippen LogP contribution in [0.3, 0.4) is 0 Å². The first-order valence-corrected chi connectivity index (χ1v) is 7.63. The molecular formula is C12H15N3O5S. The van der Waals surface area contributed by atoms with Crippen molar-refractivity contribution in [2.75, 3.05) is 6.61 Å². The van der Waals surface area contributed by atoms with E-state index in [4.69, 9.17) is 15.1 Å². The molecule has 0 radical (unpaired) electrons. The summed E-state index contributed by atoms with van der Waals surface area (Å²) in [4.78, 5) is 9.67. The molecule has 1 aromatic rings. The molecule has 0 spiro atoms. The van der Waals surface area contributed by atoms with E-state index < -0.39 is 19.8 Å². The van der Waals surface area contributed by atoms with Crippen molar-refractivity contribution in [3.63, 3.8) is 0 Å². The number of aryl methyl sites for hydroxylation is 1. The van der Waals surface area contributed by atoms with Gasteiger partial charge in [0.2, 0.25) is 10.0 Å². The standard InChI is InChI=1S/C12H15N3O5S/c1-9-7-10(15(16)17)8-11(21(14,18)19)12(9)20-6-4-2-3-5-13/h7-8H,2-4,6H2,1H3,(H2,14,18,19). The van der Waals surface area contributed by atoms with Crippen LogP contribution in [0, 0.1) is 28.4 Å². The third-order valence-corrected chi connectivity index (χ3v) is 3.59.